The van der Waals surface area contributed by atoms with Gasteiger partial charge in [0.05, 0.1) is 17.3 Å². The first kappa shape index (κ1) is 20.7. The van der Waals surface area contributed by atoms with Crippen molar-refractivity contribution in [3.8, 4) is 0 Å². The van der Waals surface area contributed by atoms with E-state index in [0.29, 0.717) is 5.92 Å². The summed E-state index contributed by atoms with van der Waals surface area (Å²) in [6.07, 6.45) is 4.42. The van der Waals surface area contributed by atoms with Crippen molar-refractivity contribution in [2.45, 2.75) is 99.6 Å². The molecular formula is C19H38O2. The average Bonchev–Trinajstić information content (AvgIpc) is 2.16. The molecule has 0 aliphatic heterocycles. The summed E-state index contributed by atoms with van der Waals surface area (Å²) in [5.41, 5.74) is -0.228. The number of rotatable bonds is 5. The van der Waals surface area contributed by atoms with E-state index < -0.39 is 0 Å². The topological polar surface area (TPSA) is 18.5 Å². The molecule has 0 spiro atoms. The van der Waals surface area contributed by atoms with Gasteiger partial charge in [0.15, 0.2) is 0 Å². The minimum atomic E-state index is -0.193. The van der Waals surface area contributed by atoms with Crippen LogP contribution in [0.15, 0.2) is 12.2 Å². The summed E-state index contributed by atoms with van der Waals surface area (Å²) in [5.74, 6) is 0.390. The molecule has 0 saturated heterocycles. The lowest BCUT2D eigenvalue weighted by Gasteiger charge is -2.37. The zero-order valence-corrected chi connectivity index (χ0v) is 16.2. The van der Waals surface area contributed by atoms with E-state index in [4.69, 9.17) is 9.47 Å². The maximum atomic E-state index is 6.30. The second-order valence-corrected chi connectivity index (χ2v) is 9.36. The average molecular weight is 299 g/mol. The van der Waals surface area contributed by atoms with Crippen LogP contribution in [0, 0.1) is 11.3 Å². The lowest BCUT2D eigenvalue weighted by molar-refractivity contribution is -0.160. The molecule has 0 bridgehead atoms. The molecule has 2 heteroatoms. The Hall–Kier alpha value is -0.340. The fourth-order valence-electron chi connectivity index (χ4n) is 2.00. The third kappa shape index (κ3) is 11.0. The first-order chi connectivity index (χ1) is 9.11. The second kappa shape index (κ2) is 7.28. The van der Waals surface area contributed by atoms with Crippen molar-refractivity contribution in [3.63, 3.8) is 0 Å². The van der Waals surface area contributed by atoms with E-state index in [1.807, 2.05) is 0 Å². The van der Waals surface area contributed by atoms with Gasteiger partial charge in [-0.05, 0) is 52.9 Å². The Labute approximate surface area is 133 Å². The van der Waals surface area contributed by atoms with Crippen molar-refractivity contribution in [3.05, 3.63) is 12.2 Å². The van der Waals surface area contributed by atoms with Crippen LogP contribution in [0.5, 0.6) is 0 Å². The van der Waals surface area contributed by atoms with Gasteiger partial charge in [-0.3, -0.25) is 0 Å². The Morgan fingerprint density at radius 2 is 1.14 bits per heavy atom. The van der Waals surface area contributed by atoms with Gasteiger partial charge in [0.25, 0.3) is 0 Å². The van der Waals surface area contributed by atoms with Crippen LogP contribution in [0.3, 0.4) is 0 Å². The largest absolute Gasteiger partial charge is 0.369 e. The molecule has 0 rings (SSSR count). The van der Waals surface area contributed by atoms with Crippen molar-refractivity contribution in [1.29, 1.82) is 0 Å². The quantitative estimate of drug-likeness (QED) is 0.614. The minimum Gasteiger partial charge on any atom is -0.369 e. The van der Waals surface area contributed by atoms with Crippen molar-refractivity contribution >= 4 is 0 Å². The highest BCUT2D eigenvalue weighted by Gasteiger charge is 2.31. The van der Waals surface area contributed by atoms with Gasteiger partial charge in [-0.25, -0.2) is 0 Å². The van der Waals surface area contributed by atoms with Gasteiger partial charge in [0.2, 0.25) is 0 Å². The molecule has 0 aromatic carbocycles. The molecule has 0 amide bonds. The molecule has 0 saturated carbocycles. The number of hydrogen-bond donors (Lipinski definition) is 0. The van der Waals surface area contributed by atoms with E-state index in [9.17, 15) is 0 Å². The Morgan fingerprint density at radius 1 is 0.714 bits per heavy atom. The third-order valence-corrected chi connectivity index (χ3v) is 2.75. The molecule has 0 aromatic heterocycles. The van der Waals surface area contributed by atoms with Crippen LogP contribution in [0.2, 0.25) is 0 Å². The van der Waals surface area contributed by atoms with Gasteiger partial charge in [-0.1, -0.05) is 46.8 Å². The zero-order valence-electron chi connectivity index (χ0n) is 16.2. The van der Waals surface area contributed by atoms with Gasteiger partial charge in [0, 0.05) is 0 Å². The van der Waals surface area contributed by atoms with Crippen LogP contribution in [-0.2, 0) is 9.47 Å². The smallest absolute Gasteiger partial charge is 0.103 e. The fourth-order valence-corrected chi connectivity index (χ4v) is 2.00. The minimum absolute atomic E-state index is 0.0385. The van der Waals surface area contributed by atoms with Gasteiger partial charge >= 0.3 is 0 Å². The van der Waals surface area contributed by atoms with Gasteiger partial charge in [-0.15, -0.1) is 0 Å². The SMILES string of the molecule is CC(C)C(OC(C)(C)C)C(/C=C/C(C)(C)C)OC(C)(C)C. The first-order valence-corrected chi connectivity index (χ1v) is 8.16. The van der Waals surface area contributed by atoms with E-state index in [1.54, 1.807) is 0 Å². The molecule has 0 aliphatic rings. The van der Waals surface area contributed by atoms with E-state index in [2.05, 4.69) is 88.3 Å². The highest BCUT2D eigenvalue weighted by atomic mass is 16.6. The molecule has 0 aliphatic carbocycles. The predicted molar refractivity (Wildman–Crippen MR) is 92.7 cm³/mol. The first-order valence-electron chi connectivity index (χ1n) is 8.16. The second-order valence-electron chi connectivity index (χ2n) is 9.36. The van der Waals surface area contributed by atoms with Crippen LogP contribution in [-0.4, -0.2) is 23.4 Å². The number of ether oxygens (including phenoxy) is 2. The van der Waals surface area contributed by atoms with Crippen LogP contribution in [0.25, 0.3) is 0 Å². The van der Waals surface area contributed by atoms with Gasteiger partial charge in [-0.2, -0.15) is 0 Å². The summed E-state index contributed by atoms with van der Waals surface area (Å²) in [6.45, 7) is 23.6. The van der Waals surface area contributed by atoms with Gasteiger partial charge in [0.1, 0.15) is 6.10 Å². The maximum absolute atomic E-state index is 6.30. The number of hydrogen-bond acceptors (Lipinski definition) is 2. The molecule has 0 fully saturated rings. The van der Waals surface area contributed by atoms with E-state index in [-0.39, 0.29) is 28.8 Å². The van der Waals surface area contributed by atoms with Crippen molar-refractivity contribution in [2.75, 3.05) is 0 Å². The van der Waals surface area contributed by atoms with Crippen LogP contribution in [0.1, 0.15) is 76.2 Å². The zero-order chi connectivity index (χ0) is 17.1. The molecule has 0 heterocycles. The summed E-state index contributed by atoms with van der Waals surface area (Å²) in [7, 11) is 0. The summed E-state index contributed by atoms with van der Waals surface area (Å²) >= 11 is 0. The fraction of sp³-hybridized carbons (Fsp3) is 0.895. The van der Waals surface area contributed by atoms with Crippen LogP contribution in [0.4, 0.5) is 0 Å². The lowest BCUT2D eigenvalue weighted by Crippen LogP contribution is -2.43. The highest BCUT2D eigenvalue weighted by Crippen LogP contribution is 2.26. The van der Waals surface area contributed by atoms with Crippen LogP contribution >= 0.6 is 0 Å². The summed E-state index contributed by atoms with van der Waals surface area (Å²) in [6, 6.07) is 0. The highest BCUT2D eigenvalue weighted by molar-refractivity contribution is 5.01. The van der Waals surface area contributed by atoms with Crippen molar-refractivity contribution in [2.24, 2.45) is 11.3 Å². The molecule has 0 aromatic rings. The van der Waals surface area contributed by atoms with E-state index in [0.717, 1.165) is 0 Å². The molecular weight excluding hydrogens is 260 g/mol. The summed E-state index contributed by atoms with van der Waals surface area (Å²) < 4.78 is 12.6. The Kier molecular flexibility index (Phi) is 7.16. The normalized spacial score (nSPS) is 17.5. The van der Waals surface area contributed by atoms with Crippen molar-refractivity contribution < 1.29 is 9.47 Å². The Balaban J connectivity index is 5.35. The molecule has 2 atom stereocenters. The van der Waals surface area contributed by atoms with Crippen LogP contribution < -0.4 is 0 Å². The Bertz CT molecular complexity index is 321. The molecule has 2 unspecified atom stereocenters. The van der Waals surface area contributed by atoms with Gasteiger partial charge < -0.3 is 9.47 Å². The lowest BCUT2D eigenvalue weighted by atomic mass is 9.92. The molecule has 2 nitrogen and oxygen atoms in total. The van der Waals surface area contributed by atoms with E-state index >= 15 is 0 Å². The maximum Gasteiger partial charge on any atom is 0.103 e. The third-order valence-electron chi connectivity index (χ3n) is 2.75. The summed E-state index contributed by atoms with van der Waals surface area (Å²) in [5, 5.41) is 0. The van der Waals surface area contributed by atoms with Crippen molar-refractivity contribution in [1.82, 2.24) is 0 Å². The van der Waals surface area contributed by atoms with E-state index in [1.165, 1.54) is 0 Å². The molecule has 0 radical (unpaired) electrons. The molecule has 0 N–H and O–H groups in total. The standard InChI is InChI=1S/C19H38O2/c1-14(2)16(21-19(9,10)11)15(20-18(6,7)8)12-13-17(3,4)5/h12-16H,1-11H3/b13-12+. The number of allylic oxidation sites excluding steroid dienone is 1. The molecule has 21 heavy (non-hydrogen) atoms. The summed E-state index contributed by atoms with van der Waals surface area (Å²) in [4.78, 5) is 0. The predicted octanol–water partition coefficient (Wildman–Crippen LogP) is 5.61. The monoisotopic (exact) mass is 298 g/mol. The Morgan fingerprint density at radius 3 is 1.43 bits per heavy atom. The molecule has 126 valence electrons.